The highest BCUT2D eigenvalue weighted by Gasteiger charge is 2.26. The van der Waals surface area contributed by atoms with Crippen molar-refractivity contribution in [1.29, 1.82) is 0 Å². The number of aryl methyl sites for hydroxylation is 2. The summed E-state index contributed by atoms with van der Waals surface area (Å²) in [5.74, 6) is 2.29. The van der Waals surface area contributed by atoms with E-state index in [0.29, 0.717) is 12.0 Å². The van der Waals surface area contributed by atoms with Crippen molar-refractivity contribution in [2.75, 3.05) is 30.3 Å². The van der Waals surface area contributed by atoms with E-state index in [4.69, 9.17) is 10.2 Å². The van der Waals surface area contributed by atoms with Gasteiger partial charge in [0.1, 0.15) is 11.3 Å². The Bertz CT molecular complexity index is 680. The quantitative estimate of drug-likeness (QED) is 0.827. The van der Waals surface area contributed by atoms with E-state index in [1.807, 2.05) is 0 Å². The molecule has 0 spiro atoms. The molecule has 112 valence electrons. The highest BCUT2D eigenvalue weighted by molar-refractivity contribution is 5.88. The summed E-state index contributed by atoms with van der Waals surface area (Å²) in [5, 5.41) is 3.45. The minimum Gasteiger partial charge on any atom is -0.455 e. The topological polar surface area (TPSA) is 80.2 Å². The van der Waals surface area contributed by atoms with E-state index in [-0.39, 0.29) is 0 Å². The molecule has 2 aromatic heterocycles. The third kappa shape index (κ3) is 2.14. The molecule has 6 heteroatoms. The standard InChI is InChI=1S/C15H21N5O/c1-9-8-20(7-6-17-9)14-13-12(18-15(16)19-14)10-4-2-3-5-11(10)21-13/h9,17H,2-8H2,1H3,(H2,16,18,19)/t9-/m0/s1. The van der Waals surface area contributed by atoms with Crippen molar-refractivity contribution >= 4 is 22.9 Å². The van der Waals surface area contributed by atoms with Gasteiger partial charge < -0.3 is 20.4 Å². The van der Waals surface area contributed by atoms with Crippen molar-refractivity contribution in [1.82, 2.24) is 15.3 Å². The third-order valence-electron chi connectivity index (χ3n) is 4.46. The Hall–Kier alpha value is -1.82. The molecule has 0 radical (unpaired) electrons. The molecule has 0 aromatic carbocycles. The lowest BCUT2D eigenvalue weighted by atomic mass is 9.98. The summed E-state index contributed by atoms with van der Waals surface area (Å²) < 4.78 is 6.12. The van der Waals surface area contributed by atoms with Crippen LogP contribution in [0.4, 0.5) is 11.8 Å². The Kier molecular flexibility index (Phi) is 2.99. The fraction of sp³-hybridized carbons (Fsp3) is 0.600. The van der Waals surface area contributed by atoms with Gasteiger partial charge in [0, 0.05) is 37.7 Å². The number of hydrogen-bond acceptors (Lipinski definition) is 6. The molecule has 0 saturated carbocycles. The zero-order valence-corrected chi connectivity index (χ0v) is 12.4. The van der Waals surface area contributed by atoms with Gasteiger partial charge in [-0.3, -0.25) is 0 Å². The predicted octanol–water partition coefficient (Wildman–Crippen LogP) is 1.48. The predicted molar refractivity (Wildman–Crippen MR) is 82.5 cm³/mol. The zero-order chi connectivity index (χ0) is 14.4. The number of aromatic nitrogens is 2. The molecule has 3 N–H and O–H groups in total. The van der Waals surface area contributed by atoms with Crippen molar-refractivity contribution in [3.05, 3.63) is 11.3 Å². The number of nitrogen functional groups attached to an aromatic ring is 1. The first kappa shape index (κ1) is 12.9. The molecular formula is C15H21N5O. The Labute approximate surface area is 123 Å². The van der Waals surface area contributed by atoms with Gasteiger partial charge in [0.05, 0.1) is 0 Å². The minimum atomic E-state index is 0.345. The van der Waals surface area contributed by atoms with E-state index in [1.54, 1.807) is 0 Å². The van der Waals surface area contributed by atoms with Crippen LogP contribution >= 0.6 is 0 Å². The fourth-order valence-electron chi connectivity index (χ4n) is 3.46. The molecule has 1 aliphatic carbocycles. The first-order valence-corrected chi connectivity index (χ1v) is 7.78. The lowest BCUT2D eigenvalue weighted by Crippen LogP contribution is -2.49. The normalized spacial score (nSPS) is 22.5. The van der Waals surface area contributed by atoms with Gasteiger partial charge in [-0.2, -0.15) is 4.98 Å². The van der Waals surface area contributed by atoms with Crippen LogP contribution in [0.5, 0.6) is 0 Å². The van der Waals surface area contributed by atoms with E-state index in [0.717, 1.165) is 55.2 Å². The average molecular weight is 287 g/mol. The maximum atomic E-state index is 6.12. The number of nitrogens with zero attached hydrogens (tertiary/aromatic N) is 3. The highest BCUT2D eigenvalue weighted by Crippen LogP contribution is 2.35. The second-order valence-corrected chi connectivity index (χ2v) is 6.10. The summed E-state index contributed by atoms with van der Waals surface area (Å²) in [7, 11) is 0. The third-order valence-corrected chi connectivity index (χ3v) is 4.46. The van der Waals surface area contributed by atoms with E-state index in [2.05, 4.69) is 27.1 Å². The SMILES string of the molecule is C[C@H]1CN(c2nc(N)nc3c4c(oc23)CCCC4)CCN1. The van der Waals surface area contributed by atoms with Crippen LogP contribution in [-0.2, 0) is 12.8 Å². The maximum absolute atomic E-state index is 6.12. The second kappa shape index (κ2) is 4.87. The summed E-state index contributed by atoms with van der Waals surface area (Å²) in [4.78, 5) is 11.2. The molecule has 4 rings (SSSR count). The van der Waals surface area contributed by atoms with Crippen molar-refractivity contribution in [2.45, 2.75) is 38.6 Å². The van der Waals surface area contributed by atoms with Gasteiger partial charge >= 0.3 is 0 Å². The van der Waals surface area contributed by atoms with Gasteiger partial charge in [-0.15, -0.1) is 0 Å². The lowest BCUT2D eigenvalue weighted by molar-refractivity contribution is 0.476. The number of hydrogen-bond donors (Lipinski definition) is 2. The number of nitrogens with one attached hydrogen (secondary N) is 1. The zero-order valence-electron chi connectivity index (χ0n) is 12.4. The maximum Gasteiger partial charge on any atom is 0.222 e. The first-order chi connectivity index (χ1) is 10.2. The van der Waals surface area contributed by atoms with Crippen LogP contribution in [0.1, 0.15) is 31.1 Å². The molecule has 1 aliphatic heterocycles. The van der Waals surface area contributed by atoms with Crippen molar-refractivity contribution < 1.29 is 4.42 Å². The molecule has 1 saturated heterocycles. The van der Waals surface area contributed by atoms with Crippen molar-refractivity contribution in [3.8, 4) is 0 Å². The van der Waals surface area contributed by atoms with Crippen LogP contribution in [-0.4, -0.2) is 35.6 Å². The highest BCUT2D eigenvalue weighted by atomic mass is 16.3. The molecule has 2 aliphatic rings. The smallest absolute Gasteiger partial charge is 0.222 e. The Morgan fingerprint density at radius 1 is 1.29 bits per heavy atom. The van der Waals surface area contributed by atoms with Crippen LogP contribution in [0.25, 0.3) is 11.1 Å². The number of fused-ring (bicyclic) bond motifs is 3. The second-order valence-electron chi connectivity index (χ2n) is 6.10. The molecule has 0 unspecified atom stereocenters. The van der Waals surface area contributed by atoms with E-state index < -0.39 is 0 Å². The molecule has 6 nitrogen and oxygen atoms in total. The number of anilines is 2. The fourth-order valence-corrected chi connectivity index (χ4v) is 3.46. The van der Waals surface area contributed by atoms with Crippen LogP contribution < -0.4 is 16.0 Å². The monoisotopic (exact) mass is 287 g/mol. The van der Waals surface area contributed by atoms with Gasteiger partial charge in [0.15, 0.2) is 11.4 Å². The van der Waals surface area contributed by atoms with Gasteiger partial charge in [0.25, 0.3) is 0 Å². The molecule has 3 heterocycles. The Morgan fingerprint density at radius 3 is 3.00 bits per heavy atom. The Morgan fingerprint density at radius 2 is 2.14 bits per heavy atom. The van der Waals surface area contributed by atoms with Crippen LogP contribution in [0.2, 0.25) is 0 Å². The molecule has 0 bridgehead atoms. The van der Waals surface area contributed by atoms with Gasteiger partial charge in [-0.1, -0.05) is 0 Å². The largest absolute Gasteiger partial charge is 0.455 e. The molecule has 2 aromatic rings. The first-order valence-electron chi connectivity index (χ1n) is 7.78. The van der Waals surface area contributed by atoms with E-state index >= 15 is 0 Å². The van der Waals surface area contributed by atoms with Crippen LogP contribution in [0.15, 0.2) is 4.42 Å². The van der Waals surface area contributed by atoms with Crippen molar-refractivity contribution in [2.24, 2.45) is 0 Å². The Balaban J connectivity index is 1.86. The number of nitrogens with two attached hydrogens (primary N) is 1. The summed E-state index contributed by atoms with van der Waals surface area (Å²) in [5.41, 5.74) is 8.95. The summed E-state index contributed by atoms with van der Waals surface area (Å²) >= 11 is 0. The number of rotatable bonds is 1. The lowest BCUT2D eigenvalue weighted by Gasteiger charge is -2.32. The van der Waals surface area contributed by atoms with Gasteiger partial charge in [-0.25, -0.2) is 4.98 Å². The van der Waals surface area contributed by atoms with E-state index in [1.165, 1.54) is 18.4 Å². The minimum absolute atomic E-state index is 0.345. The molecule has 21 heavy (non-hydrogen) atoms. The average Bonchev–Trinajstić information content (AvgIpc) is 2.85. The van der Waals surface area contributed by atoms with Crippen molar-refractivity contribution in [3.63, 3.8) is 0 Å². The number of furan rings is 1. The number of piperazine rings is 1. The summed E-state index contributed by atoms with van der Waals surface area (Å²) in [6.45, 7) is 4.96. The van der Waals surface area contributed by atoms with Crippen LogP contribution in [0.3, 0.4) is 0 Å². The molecule has 1 atom stereocenters. The summed E-state index contributed by atoms with van der Waals surface area (Å²) in [6.07, 6.45) is 4.43. The summed E-state index contributed by atoms with van der Waals surface area (Å²) in [6, 6.07) is 0.439. The van der Waals surface area contributed by atoms with Gasteiger partial charge in [-0.05, 0) is 26.2 Å². The molecule has 1 fully saturated rings. The van der Waals surface area contributed by atoms with Gasteiger partial charge in [0.2, 0.25) is 5.95 Å². The molecular weight excluding hydrogens is 266 g/mol. The van der Waals surface area contributed by atoms with E-state index in [9.17, 15) is 0 Å². The molecule has 0 amide bonds. The van der Waals surface area contributed by atoms with Crippen LogP contribution in [0, 0.1) is 0 Å².